The number of carbonyl (C=O) groups is 1. The number of nitrogens with zero attached hydrogens (tertiary/aromatic N) is 4. The van der Waals surface area contributed by atoms with Crippen LogP contribution in [-0.2, 0) is 18.9 Å². The molecule has 7 nitrogen and oxygen atoms in total. The number of amides is 1. The Hall–Kier alpha value is -3.58. The molecule has 210 valence electrons. The Bertz CT molecular complexity index is 1290. The monoisotopic (exact) mass is 576 g/mol. The van der Waals surface area contributed by atoms with Gasteiger partial charge in [-0.1, -0.05) is 29.8 Å². The van der Waals surface area contributed by atoms with Crippen LogP contribution in [0.3, 0.4) is 0 Å². The summed E-state index contributed by atoms with van der Waals surface area (Å²) >= 11 is 6.30. The highest BCUT2D eigenvalue weighted by Gasteiger charge is 2.37. The molecule has 0 saturated heterocycles. The third-order valence-electron chi connectivity index (χ3n) is 5.21. The zero-order valence-electron chi connectivity index (χ0n) is 20.9. The molecule has 0 bridgehead atoms. The Morgan fingerprint density at radius 3 is 2.15 bits per heavy atom. The summed E-state index contributed by atoms with van der Waals surface area (Å²) in [5.41, 5.74) is -2.92. The second kappa shape index (κ2) is 12.1. The van der Waals surface area contributed by atoms with Crippen LogP contribution in [0.1, 0.15) is 16.7 Å². The number of rotatable bonds is 8. The lowest BCUT2D eigenvalue weighted by atomic mass is 10.0. The Labute approximate surface area is 224 Å². The molecule has 1 aromatic heterocycles. The van der Waals surface area contributed by atoms with Gasteiger partial charge in [0.2, 0.25) is 0 Å². The van der Waals surface area contributed by atoms with Crippen molar-refractivity contribution >= 4 is 17.7 Å². The van der Waals surface area contributed by atoms with Crippen molar-refractivity contribution in [3.05, 3.63) is 70.4 Å². The molecule has 0 unspecified atom stereocenters. The summed E-state index contributed by atoms with van der Waals surface area (Å²) in [5.74, 6) is -0.153. The first kappa shape index (κ1) is 30.0. The number of hydrogen-bond acceptors (Lipinski definition) is 6. The summed E-state index contributed by atoms with van der Waals surface area (Å²) in [6.07, 6.45) is -9.97. The van der Waals surface area contributed by atoms with E-state index >= 15 is 0 Å². The van der Waals surface area contributed by atoms with Crippen molar-refractivity contribution < 1.29 is 40.6 Å². The van der Waals surface area contributed by atoms with Gasteiger partial charge in [-0.15, -0.1) is 0 Å². The normalized spacial score (nSPS) is 12.0. The van der Waals surface area contributed by atoms with Gasteiger partial charge < -0.3 is 19.3 Å². The van der Waals surface area contributed by atoms with E-state index in [1.165, 1.54) is 0 Å². The van der Waals surface area contributed by atoms with E-state index in [1.807, 2.05) is 19.0 Å². The third-order valence-corrected chi connectivity index (χ3v) is 5.54. The molecule has 0 aliphatic carbocycles. The Balaban J connectivity index is 1.88. The van der Waals surface area contributed by atoms with Crippen molar-refractivity contribution in [3.8, 4) is 23.0 Å². The molecule has 0 aliphatic heterocycles. The molecule has 0 spiro atoms. The van der Waals surface area contributed by atoms with E-state index in [4.69, 9.17) is 21.1 Å². The largest absolute Gasteiger partial charge is 0.462 e. The van der Waals surface area contributed by atoms with E-state index in [0.717, 1.165) is 18.1 Å². The highest BCUT2D eigenvalue weighted by atomic mass is 35.5. The zero-order valence-corrected chi connectivity index (χ0v) is 21.7. The molecule has 0 fully saturated rings. The smallest absolute Gasteiger partial charge is 0.416 e. The second-order valence-electron chi connectivity index (χ2n) is 8.64. The van der Waals surface area contributed by atoms with Crippen molar-refractivity contribution in [1.82, 2.24) is 19.8 Å². The maximum Gasteiger partial charge on any atom is 0.416 e. The number of benzene rings is 2. The summed E-state index contributed by atoms with van der Waals surface area (Å²) < 4.78 is 90.1. The minimum Gasteiger partial charge on any atom is -0.462 e. The van der Waals surface area contributed by atoms with Crippen molar-refractivity contribution in [2.45, 2.75) is 18.9 Å². The van der Waals surface area contributed by atoms with Gasteiger partial charge >= 0.3 is 24.5 Å². The quantitative estimate of drug-likeness (QED) is 0.289. The van der Waals surface area contributed by atoms with Gasteiger partial charge in [0.05, 0.1) is 22.3 Å². The van der Waals surface area contributed by atoms with E-state index in [-0.39, 0.29) is 35.1 Å². The van der Waals surface area contributed by atoms with Crippen molar-refractivity contribution in [2.24, 2.45) is 0 Å². The second-order valence-corrected chi connectivity index (χ2v) is 9.04. The van der Waals surface area contributed by atoms with Gasteiger partial charge in [0.25, 0.3) is 0 Å². The maximum atomic E-state index is 13.2. The topological polar surface area (TPSA) is 67.8 Å². The molecule has 0 atom stereocenters. The molecule has 0 aliphatic rings. The van der Waals surface area contributed by atoms with Gasteiger partial charge in [-0.3, -0.25) is 0 Å². The minimum atomic E-state index is -5.02. The van der Waals surface area contributed by atoms with Crippen LogP contribution >= 0.6 is 11.6 Å². The summed E-state index contributed by atoms with van der Waals surface area (Å²) in [6.45, 7) is 0.214. The molecule has 3 aromatic rings. The van der Waals surface area contributed by atoms with E-state index in [1.54, 1.807) is 24.3 Å². The van der Waals surface area contributed by atoms with Crippen LogP contribution in [0.2, 0.25) is 5.02 Å². The lowest BCUT2D eigenvalue weighted by Gasteiger charge is -2.20. The predicted octanol–water partition coefficient (Wildman–Crippen LogP) is 6.41. The number of aromatic nitrogens is 2. The number of likely N-dealkylation sites (N-methyl/N-ethyl adjacent to an activating group) is 1. The van der Waals surface area contributed by atoms with Gasteiger partial charge in [-0.2, -0.15) is 36.3 Å². The van der Waals surface area contributed by atoms with E-state index < -0.39 is 41.7 Å². The first-order chi connectivity index (χ1) is 18.1. The van der Waals surface area contributed by atoms with E-state index in [0.29, 0.717) is 24.2 Å². The van der Waals surface area contributed by atoms with Crippen LogP contribution in [0, 0.1) is 0 Å². The molecule has 1 heterocycles. The fraction of sp³-hybridized carbons (Fsp3) is 0.320. The highest BCUT2D eigenvalue weighted by Crippen LogP contribution is 2.37. The fourth-order valence-corrected chi connectivity index (χ4v) is 3.51. The lowest BCUT2D eigenvalue weighted by molar-refractivity contribution is -0.143. The zero-order chi connectivity index (χ0) is 29.0. The highest BCUT2D eigenvalue weighted by molar-refractivity contribution is 6.33. The number of alkyl halides is 6. The molecule has 14 heteroatoms. The number of halogens is 7. The average molecular weight is 577 g/mol. The summed E-state index contributed by atoms with van der Waals surface area (Å²) in [6, 6.07) is 7.59. The standard InChI is InChI=1S/C25H23ClF6N4O3/c1-35(2)8-9-38-22-33-13-20(21(34-22)18-6-4-5-7-19(18)26)39-23(37)36(3)14-15-10-16(24(27,28)29)12-17(11-15)25(30,31)32/h4-7,10-13H,8-9,14H2,1-3H3. The van der Waals surface area contributed by atoms with Gasteiger partial charge in [0, 0.05) is 25.7 Å². The molecular weight excluding hydrogens is 554 g/mol. The SMILES string of the molecule is CN(C)CCOc1ncc(OC(=O)N(C)Cc2cc(C(F)(F)F)cc(C(F)(F)F)c2)c(-c2ccccc2Cl)n1. The van der Waals surface area contributed by atoms with Crippen molar-refractivity contribution in [3.63, 3.8) is 0 Å². The maximum absolute atomic E-state index is 13.2. The van der Waals surface area contributed by atoms with Crippen LogP contribution in [0.5, 0.6) is 11.8 Å². The molecule has 1 amide bonds. The number of ether oxygens (including phenoxy) is 2. The Morgan fingerprint density at radius 2 is 1.59 bits per heavy atom. The molecule has 3 rings (SSSR count). The van der Waals surface area contributed by atoms with E-state index in [9.17, 15) is 31.1 Å². The van der Waals surface area contributed by atoms with E-state index in [2.05, 4.69) is 9.97 Å². The van der Waals surface area contributed by atoms with Crippen LogP contribution in [0.25, 0.3) is 11.3 Å². The summed E-state index contributed by atoms with van der Waals surface area (Å²) in [5, 5.41) is 0.268. The molecule has 0 saturated carbocycles. The van der Waals surface area contributed by atoms with Gasteiger partial charge in [0.1, 0.15) is 12.3 Å². The molecular formula is C25H23ClF6N4O3. The van der Waals surface area contributed by atoms with Crippen LogP contribution in [0.4, 0.5) is 31.1 Å². The minimum absolute atomic E-state index is 0.0111. The van der Waals surface area contributed by atoms with Crippen LogP contribution in [-0.4, -0.2) is 60.2 Å². The van der Waals surface area contributed by atoms with Crippen molar-refractivity contribution in [2.75, 3.05) is 34.3 Å². The van der Waals surface area contributed by atoms with Gasteiger partial charge in [-0.25, -0.2) is 4.79 Å². The molecule has 2 aromatic carbocycles. The molecule has 0 N–H and O–H groups in total. The number of hydrogen-bond donors (Lipinski definition) is 0. The summed E-state index contributed by atoms with van der Waals surface area (Å²) in [4.78, 5) is 23.8. The third kappa shape index (κ3) is 8.20. The van der Waals surface area contributed by atoms with Gasteiger partial charge in [-0.05, 0) is 43.9 Å². The Morgan fingerprint density at radius 1 is 0.974 bits per heavy atom. The summed E-state index contributed by atoms with van der Waals surface area (Å²) in [7, 11) is 4.86. The number of carbonyl (C=O) groups excluding carboxylic acids is 1. The first-order valence-electron chi connectivity index (χ1n) is 11.3. The Kier molecular flexibility index (Phi) is 9.28. The fourth-order valence-electron chi connectivity index (χ4n) is 3.29. The first-order valence-corrected chi connectivity index (χ1v) is 11.6. The molecule has 0 radical (unpaired) electrons. The van der Waals surface area contributed by atoms with Crippen LogP contribution in [0.15, 0.2) is 48.7 Å². The average Bonchev–Trinajstić information content (AvgIpc) is 2.83. The van der Waals surface area contributed by atoms with Gasteiger partial charge in [0.15, 0.2) is 5.75 Å². The van der Waals surface area contributed by atoms with Crippen LogP contribution < -0.4 is 9.47 Å². The lowest BCUT2D eigenvalue weighted by Crippen LogP contribution is -2.30. The predicted molar refractivity (Wildman–Crippen MR) is 130 cm³/mol. The molecule has 39 heavy (non-hydrogen) atoms. The van der Waals surface area contributed by atoms with Crippen molar-refractivity contribution in [1.29, 1.82) is 0 Å².